The van der Waals surface area contributed by atoms with Crippen molar-refractivity contribution in [1.29, 1.82) is 0 Å². The molecular formula is C24H37NO13. The topological polar surface area (TPSA) is 250 Å². The maximum atomic E-state index is 12.2. The first-order valence-electron chi connectivity index (χ1n) is 12.1. The second-order valence-electron chi connectivity index (χ2n) is 9.04. The Bertz CT molecular complexity index is 885. The van der Waals surface area contributed by atoms with Gasteiger partial charge in [0, 0.05) is 30.2 Å². The Morgan fingerprint density at radius 1 is 1.05 bits per heavy atom. The molecule has 0 aliphatic carbocycles. The molecule has 14 nitrogen and oxygen atoms in total. The van der Waals surface area contributed by atoms with E-state index in [1.807, 2.05) is 0 Å². The summed E-state index contributed by atoms with van der Waals surface area (Å²) >= 11 is 0. The Morgan fingerprint density at radius 3 is 2.37 bits per heavy atom. The minimum atomic E-state index is -1.85. The zero-order chi connectivity index (χ0) is 28.4. The minimum absolute atomic E-state index is 0.106. The third kappa shape index (κ3) is 8.64. The third-order valence-electron chi connectivity index (χ3n) is 6.21. The molecule has 216 valence electrons. The van der Waals surface area contributed by atoms with Gasteiger partial charge >= 0.3 is 0 Å². The van der Waals surface area contributed by atoms with Crippen molar-refractivity contribution in [3.63, 3.8) is 0 Å². The number of aliphatic hydroxyl groups excluding tert-OH is 8. The van der Waals surface area contributed by atoms with Crippen LogP contribution in [0.1, 0.15) is 36.0 Å². The van der Waals surface area contributed by atoms with Crippen molar-refractivity contribution < 1.29 is 64.7 Å². The van der Waals surface area contributed by atoms with Crippen LogP contribution in [0.15, 0.2) is 18.2 Å². The maximum absolute atomic E-state index is 12.2. The summed E-state index contributed by atoms with van der Waals surface area (Å²) in [5.74, 6) is 0.191. The van der Waals surface area contributed by atoms with Crippen molar-refractivity contribution in [2.75, 3.05) is 25.6 Å². The summed E-state index contributed by atoms with van der Waals surface area (Å²) in [5.41, 5.74) is 6.31. The largest absolute Gasteiger partial charge is 0.494 e. The van der Waals surface area contributed by atoms with Crippen molar-refractivity contribution >= 4 is 17.8 Å². The van der Waals surface area contributed by atoms with E-state index in [1.165, 1.54) is 12.1 Å². The maximum Gasteiger partial charge on any atom is 0.187 e. The molecule has 1 heterocycles. The highest BCUT2D eigenvalue weighted by molar-refractivity contribution is 5.83. The molecule has 0 spiro atoms. The quantitative estimate of drug-likeness (QED) is 0.0563. The monoisotopic (exact) mass is 547 g/mol. The summed E-state index contributed by atoms with van der Waals surface area (Å²) in [5, 5.41) is 79.6. The number of benzene rings is 1. The Labute approximate surface area is 218 Å². The molecule has 1 aromatic rings. The first-order valence-corrected chi connectivity index (χ1v) is 12.1. The number of ketones is 1. The molecule has 1 saturated heterocycles. The first kappa shape index (κ1) is 32.0. The van der Waals surface area contributed by atoms with Crippen LogP contribution in [0.2, 0.25) is 0 Å². The van der Waals surface area contributed by atoms with Gasteiger partial charge in [-0.15, -0.1) is 0 Å². The fraction of sp³-hybridized carbons (Fsp3) is 0.667. The van der Waals surface area contributed by atoms with E-state index in [1.54, 1.807) is 6.07 Å². The molecule has 9 atom stereocenters. The van der Waals surface area contributed by atoms with Crippen LogP contribution in [-0.2, 0) is 14.3 Å². The number of hydrogen-bond acceptors (Lipinski definition) is 14. The lowest BCUT2D eigenvalue weighted by Gasteiger charge is -2.42. The number of carbonyl (C=O) groups excluding carboxylic acids is 2. The number of aldehydes is 1. The molecule has 4 unspecified atom stereocenters. The lowest BCUT2D eigenvalue weighted by Crippen LogP contribution is -2.61. The molecule has 38 heavy (non-hydrogen) atoms. The van der Waals surface area contributed by atoms with Gasteiger partial charge in [-0.3, -0.25) is 9.59 Å². The van der Waals surface area contributed by atoms with Gasteiger partial charge in [-0.1, -0.05) is 0 Å². The average molecular weight is 548 g/mol. The van der Waals surface area contributed by atoms with E-state index >= 15 is 0 Å². The zero-order valence-corrected chi connectivity index (χ0v) is 20.7. The zero-order valence-electron chi connectivity index (χ0n) is 20.7. The summed E-state index contributed by atoms with van der Waals surface area (Å²) in [7, 11) is 0. The summed E-state index contributed by atoms with van der Waals surface area (Å²) in [6.45, 7) is -1.46. The van der Waals surface area contributed by atoms with E-state index < -0.39 is 68.3 Å². The molecule has 0 saturated carbocycles. The van der Waals surface area contributed by atoms with Gasteiger partial charge in [-0.2, -0.15) is 0 Å². The van der Waals surface area contributed by atoms with Crippen LogP contribution in [0.3, 0.4) is 0 Å². The molecule has 1 aliphatic heterocycles. The van der Waals surface area contributed by atoms with E-state index in [0.29, 0.717) is 24.0 Å². The molecule has 0 aromatic heterocycles. The van der Waals surface area contributed by atoms with Crippen molar-refractivity contribution in [2.45, 2.75) is 80.8 Å². The highest BCUT2D eigenvalue weighted by atomic mass is 16.7. The fourth-order valence-corrected chi connectivity index (χ4v) is 3.87. The summed E-state index contributed by atoms with van der Waals surface area (Å²) in [4.78, 5) is 23.0. The number of carbonyl (C=O) groups is 2. The summed E-state index contributed by atoms with van der Waals surface area (Å²) in [6.07, 6.45) is -14.5. The minimum Gasteiger partial charge on any atom is -0.494 e. The molecule has 14 heteroatoms. The smallest absolute Gasteiger partial charge is 0.187 e. The van der Waals surface area contributed by atoms with Gasteiger partial charge in [0.15, 0.2) is 12.6 Å². The van der Waals surface area contributed by atoms with Crippen LogP contribution in [0.25, 0.3) is 0 Å². The normalized spacial score (nSPS) is 26.8. The third-order valence-corrected chi connectivity index (χ3v) is 6.21. The standard InChI is InChI=1S/C24H37NO13/c25-15-8-14(5-3-12(15)9-26)36-7-1-2-13(29)4-6-16(30)19(32)23(17(31)10-27)38-24-22(35)21(34)20(33)18(11-28)37-24/h3,5,8-9,16-24,27-28,30-35H,1-2,4,6-7,10-11,25H2/t16-,17?,18?,19?,20+,21?,22+,23-,24+/m1/s1. The van der Waals surface area contributed by atoms with Gasteiger partial charge < -0.3 is 60.8 Å². The number of nitrogens with two attached hydrogens (primary N) is 1. The fourth-order valence-electron chi connectivity index (χ4n) is 3.87. The van der Waals surface area contributed by atoms with E-state index in [4.69, 9.17) is 19.9 Å². The van der Waals surface area contributed by atoms with Crippen LogP contribution < -0.4 is 10.5 Å². The van der Waals surface area contributed by atoms with E-state index in [2.05, 4.69) is 0 Å². The molecule has 1 aromatic carbocycles. The molecular weight excluding hydrogens is 510 g/mol. The van der Waals surface area contributed by atoms with Crippen LogP contribution >= 0.6 is 0 Å². The number of anilines is 1. The molecule has 10 N–H and O–H groups in total. The van der Waals surface area contributed by atoms with Crippen molar-refractivity contribution in [1.82, 2.24) is 0 Å². The second-order valence-corrected chi connectivity index (χ2v) is 9.04. The molecule has 1 aliphatic rings. The van der Waals surface area contributed by atoms with E-state index in [0.717, 1.165) is 0 Å². The highest BCUT2D eigenvalue weighted by Crippen LogP contribution is 2.25. The van der Waals surface area contributed by atoms with Crippen molar-refractivity contribution in [3.8, 4) is 5.75 Å². The van der Waals surface area contributed by atoms with Crippen LogP contribution in [-0.4, -0.2) is 128 Å². The highest BCUT2D eigenvalue weighted by Gasteiger charge is 2.46. The van der Waals surface area contributed by atoms with Gasteiger partial charge in [0.25, 0.3) is 0 Å². The van der Waals surface area contributed by atoms with Crippen LogP contribution in [0, 0.1) is 0 Å². The van der Waals surface area contributed by atoms with Crippen LogP contribution in [0.4, 0.5) is 5.69 Å². The summed E-state index contributed by atoms with van der Waals surface area (Å²) in [6, 6.07) is 4.58. The number of aliphatic hydroxyl groups is 8. The molecule has 1 fully saturated rings. The van der Waals surface area contributed by atoms with Gasteiger partial charge in [0.2, 0.25) is 0 Å². The lowest BCUT2D eigenvalue weighted by atomic mass is 9.96. The Hall–Kier alpha value is -2.24. The number of rotatable bonds is 16. The Morgan fingerprint density at radius 2 is 1.76 bits per heavy atom. The van der Waals surface area contributed by atoms with Crippen molar-refractivity contribution in [2.24, 2.45) is 0 Å². The predicted molar refractivity (Wildman–Crippen MR) is 129 cm³/mol. The molecule has 0 bridgehead atoms. The van der Waals surface area contributed by atoms with Gasteiger partial charge in [0.05, 0.1) is 25.9 Å². The van der Waals surface area contributed by atoms with E-state index in [-0.39, 0.29) is 37.3 Å². The number of nitrogen functional groups attached to an aromatic ring is 1. The Balaban J connectivity index is 1.84. The first-order chi connectivity index (χ1) is 18.0. The summed E-state index contributed by atoms with van der Waals surface area (Å²) < 4.78 is 16.0. The Kier molecular flexibility index (Phi) is 12.9. The second kappa shape index (κ2) is 15.4. The lowest BCUT2D eigenvalue weighted by molar-refractivity contribution is -0.327. The molecule has 0 radical (unpaired) electrons. The van der Waals surface area contributed by atoms with Gasteiger partial charge in [-0.05, 0) is 25.0 Å². The number of ether oxygens (including phenoxy) is 3. The SMILES string of the molecule is Nc1cc(OCCCC(=O)CC[C@@H](O)C(O)[C@H](O[C@@H]2OC(CO)[C@H](O)C(O)[C@@H]2O)C(O)CO)ccc1C=O. The molecule has 0 amide bonds. The average Bonchev–Trinajstić information content (AvgIpc) is 2.91. The predicted octanol–water partition coefficient (Wildman–Crippen LogP) is -3.15. The van der Waals surface area contributed by atoms with Gasteiger partial charge in [-0.25, -0.2) is 0 Å². The van der Waals surface area contributed by atoms with Crippen molar-refractivity contribution in [3.05, 3.63) is 23.8 Å². The van der Waals surface area contributed by atoms with Crippen LogP contribution in [0.5, 0.6) is 5.75 Å². The van der Waals surface area contributed by atoms with Gasteiger partial charge in [0.1, 0.15) is 54.3 Å². The number of Topliss-reactive ketones (excluding diaryl/α,β-unsaturated/α-hetero) is 1. The molecule has 2 rings (SSSR count). The van der Waals surface area contributed by atoms with E-state index in [9.17, 15) is 50.4 Å². The number of hydrogen-bond donors (Lipinski definition) is 9.